The van der Waals surface area contributed by atoms with Crippen molar-refractivity contribution in [2.45, 2.75) is 69.7 Å². The van der Waals surface area contributed by atoms with Gasteiger partial charge >= 0.3 is 0 Å². The second kappa shape index (κ2) is 7.92. The Kier molecular flexibility index (Phi) is 4.74. The zero-order chi connectivity index (χ0) is 25.6. The molecule has 1 saturated heterocycles. The number of nitrogens with zero attached hydrogens (tertiary/aromatic N) is 5. The molecule has 1 N–H and O–H groups in total. The molecule has 1 spiro atoms. The maximum Gasteiger partial charge on any atom is 0.279 e. The van der Waals surface area contributed by atoms with Crippen LogP contribution < -0.4 is 5.56 Å². The summed E-state index contributed by atoms with van der Waals surface area (Å²) < 4.78 is 3.94. The first-order valence-electron chi connectivity index (χ1n) is 14.4. The minimum Gasteiger partial charge on any atom is -0.353 e. The van der Waals surface area contributed by atoms with E-state index < -0.39 is 0 Å². The molecule has 8 rings (SSSR count). The van der Waals surface area contributed by atoms with Crippen molar-refractivity contribution >= 4 is 10.9 Å². The van der Waals surface area contributed by atoms with Crippen LogP contribution in [0.2, 0.25) is 0 Å². The first kappa shape index (κ1) is 22.8. The van der Waals surface area contributed by atoms with Crippen molar-refractivity contribution in [3.8, 4) is 5.69 Å². The Morgan fingerprint density at radius 1 is 1.13 bits per heavy atom. The molecule has 1 aliphatic heterocycles. The highest BCUT2D eigenvalue weighted by Crippen LogP contribution is 2.53. The quantitative estimate of drug-likeness (QED) is 0.397. The number of hydrogen-bond acceptors (Lipinski definition) is 4. The van der Waals surface area contributed by atoms with E-state index in [0.29, 0.717) is 17.3 Å². The van der Waals surface area contributed by atoms with Crippen molar-refractivity contribution < 1.29 is 0 Å². The van der Waals surface area contributed by atoms with E-state index >= 15 is 0 Å². The van der Waals surface area contributed by atoms with E-state index in [0.717, 1.165) is 41.8 Å². The Morgan fingerprint density at radius 3 is 2.66 bits per heavy atom. The SMILES string of the molecule is CC1CC(c2cccc(-n3cc(C4CC4)c4cc(CN5CCC6(CC6)C5)[nH]c4c3=O)c2)(c2nncn2C)C1. The minimum atomic E-state index is -0.151. The largest absolute Gasteiger partial charge is 0.353 e. The average molecular weight is 509 g/mol. The van der Waals surface area contributed by atoms with Gasteiger partial charge in [-0.15, -0.1) is 10.2 Å². The number of rotatable bonds is 6. The third-order valence-electron chi connectivity index (χ3n) is 9.98. The summed E-state index contributed by atoms with van der Waals surface area (Å²) in [5.41, 5.74) is 5.91. The summed E-state index contributed by atoms with van der Waals surface area (Å²) in [5, 5.41) is 9.84. The van der Waals surface area contributed by atoms with Crippen LogP contribution in [0.4, 0.5) is 0 Å². The molecule has 4 heterocycles. The molecule has 7 nitrogen and oxygen atoms in total. The maximum absolute atomic E-state index is 14.0. The molecule has 3 aromatic heterocycles. The number of aryl methyl sites for hydroxylation is 1. The normalized spacial score (nSPS) is 26.3. The van der Waals surface area contributed by atoms with Crippen LogP contribution in [0.5, 0.6) is 0 Å². The molecule has 0 unspecified atom stereocenters. The molecule has 0 amide bonds. The molecular weight excluding hydrogens is 472 g/mol. The van der Waals surface area contributed by atoms with Gasteiger partial charge in [-0.25, -0.2) is 0 Å². The number of likely N-dealkylation sites (tertiary alicyclic amines) is 1. The fraction of sp³-hybridized carbons (Fsp3) is 0.516. The standard InChI is InChI=1S/C31H36N6O/c1-20-14-31(15-20,29-34-32-19-35(29)2)22-4-3-5-24(12-22)37-17-26(21-6-7-21)25-13-23(33-27(25)28(37)38)16-36-11-10-30(18-36)8-9-30/h3-5,12-13,17,19-21,33H,6-11,14-16,18H2,1-2H3. The Bertz CT molecular complexity index is 1610. The maximum atomic E-state index is 14.0. The Balaban J connectivity index is 1.20. The number of hydrogen-bond donors (Lipinski definition) is 1. The van der Waals surface area contributed by atoms with Gasteiger partial charge in [0.05, 0.1) is 5.41 Å². The predicted octanol–water partition coefficient (Wildman–Crippen LogP) is 5.03. The van der Waals surface area contributed by atoms with Crippen LogP contribution in [0.25, 0.3) is 16.6 Å². The third kappa shape index (κ3) is 3.47. The van der Waals surface area contributed by atoms with E-state index in [1.54, 1.807) is 6.33 Å². The van der Waals surface area contributed by atoms with E-state index in [2.05, 4.69) is 63.5 Å². The molecule has 4 aromatic rings. The fourth-order valence-corrected chi connectivity index (χ4v) is 7.63. The van der Waals surface area contributed by atoms with Crippen LogP contribution in [-0.4, -0.2) is 42.3 Å². The molecule has 38 heavy (non-hydrogen) atoms. The van der Waals surface area contributed by atoms with Crippen molar-refractivity contribution in [3.05, 3.63) is 75.9 Å². The third-order valence-corrected chi connectivity index (χ3v) is 9.98. The van der Waals surface area contributed by atoms with E-state index in [-0.39, 0.29) is 11.0 Å². The lowest BCUT2D eigenvalue weighted by Crippen LogP contribution is -2.43. The molecule has 4 fully saturated rings. The zero-order valence-corrected chi connectivity index (χ0v) is 22.4. The summed E-state index contributed by atoms with van der Waals surface area (Å²) in [4.78, 5) is 20.1. The van der Waals surface area contributed by atoms with Crippen molar-refractivity contribution in [3.63, 3.8) is 0 Å². The molecule has 1 aromatic carbocycles. The summed E-state index contributed by atoms with van der Waals surface area (Å²) in [7, 11) is 2.03. The highest BCUT2D eigenvalue weighted by Gasteiger charge is 2.48. The van der Waals surface area contributed by atoms with Crippen LogP contribution in [0.3, 0.4) is 0 Å². The van der Waals surface area contributed by atoms with Crippen LogP contribution in [0, 0.1) is 11.3 Å². The first-order valence-corrected chi connectivity index (χ1v) is 14.4. The van der Waals surface area contributed by atoms with Gasteiger partial charge in [0.25, 0.3) is 5.56 Å². The number of benzene rings is 1. The van der Waals surface area contributed by atoms with Gasteiger partial charge in [0.15, 0.2) is 0 Å². The molecule has 7 heteroatoms. The van der Waals surface area contributed by atoms with Crippen LogP contribution in [-0.2, 0) is 19.0 Å². The van der Waals surface area contributed by atoms with Gasteiger partial charge in [-0.3, -0.25) is 14.3 Å². The number of H-pyrrole nitrogens is 1. The highest BCUT2D eigenvalue weighted by molar-refractivity contribution is 5.84. The van der Waals surface area contributed by atoms with E-state index in [1.165, 1.54) is 62.0 Å². The summed E-state index contributed by atoms with van der Waals surface area (Å²) >= 11 is 0. The molecule has 3 aliphatic carbocycles. The summed E-state index contributed by atoms with van der Waals surface area (Å²) in [6.45, 7) is 5.59. The van der Waals surface area contributed by atoms with Gasteiger partial charge in [-0.2, -0.15) is 0 Å². The minimum absolute atomic E-state index is 0.0440. The number of aromatic amines is 1. The molecule has 0 radical (unpaired) electrons. The van der Waals surface area contributed by atoms with Gasteiger partial charge < -0.3 is 9.55 Å². The van der Waals surface area contributed by atoms with Gasteiger partial charge in [0.2, 0.25) is 0 Å². The average Bonchev–Trinajstić information content (AvgIpc) is 3.74. The molecule has 0 bridgehead atoms. The van der Waals surface area contributed by atoms with E-state index in [1.807, 2.05) is 16.2 Å². The van der Waals surface area contributed by atoms with Crippen molar-refractivity contribution in [2.75, 3.05) is 13.1 Å². The smallest absolute Gasteiger partial charge is 0.279 e. The molecule has 3 saturated carbocycles. The number of nitrogens with one attached hydrogen (secondary N) is 1. The van der Waals surface area contributed by atoms with Gasteiger partial charge in [0.1, 0.15) is 17.7 Å². The van der Waals surface area contributed by atoms with E-state index in [9.17, 15) is 4.79 Å². The Labute approximate surface area is 222 Å². The lowest BCUT2D eigenvalue weighted by atomic mass is 9.58. The monoisotopic (exact) mass is 508 g/mol. The lowest BCUT2D eigenvalue weighted by Gasteiger charge is -2.46. The van der Waals surface area contributed by atoms with Crippen LogP contribution in [0.15, 0.2) is 47.7 Å². The number of fused-ring (bicyclic) bond motifs is 1. The summed E-state index contributed by atoms with van der Waals surface area (Å²) in [5.74, 6) is 2.20. The van der Waals surface area contributed by atoms with Crippen LogP contribution >= 0.6 is 0 Å². The Morgan fingerprint density at radius 2 is 1.97 bits per heavy atom. The van der Waals surface area contributed by atoms with E-state index in [4.69, 9.17) is 0 Å². The predicted molar refractivity (Wildman–Crippen MR) is 148 cm³/mol. The van der Waals surface area contributed by atoms with Crippen molar-refractivity contribution in [1.82, 2.24) is 29.2 Å². The molecular formula is C31H36N6O. The summed E-state index contributed by atoms with van der Waals surface area (Å²) in [6.07, 6.45) is 12.5. The van der Waals surface area contributed by atoms with Gasteiger partial charge in [-0.05, 0) is 98.1 Å². The fourth-order valence-electron chi connectivity index (χ4n) is 7.63. The molecule has 196 valence electrons. The van der Waals surface area contributed by atoms with Gasteiger partial charge in [0, 0.05) is 43.1 Å². The molecule has 4 aliphatic rings. The van der Waals surface area contributed by atoms with Crippen LogP contribution in [0.1, 0.15) is 80.4 Å². The number of pyridine rings is 1. The first-order chi connectivity index (χ1) is 18.4. The Hall–Kier alpha value is -3.19. The second-order valence-electron chi connectivity index (χ2n) is 13.0. The highest BCUT2D eigenvalue weighted by atomic mass is 16.1. The zero-order valence-electron chi connectivity index (χ0n) is 22.4. The summed E-state index contributed by atoms with van der Waals surface area (Å²) in [6, 6.07) is 10.9. The number of aromatic nitrogens is 5. The second-order valence-corrected chi connectivity index (χ2v) is 13.0. The topological polar surface area (TPSA) is 71.7 Å². The van der Waals surface area contributed by atoms with Crippen molar-refractivity contribution in [2.24, 2.45) is 18.4 Å². The molecule has 0 atom stereocenters. The van der Waals surface area contributed by atoms with Crippen molar-refractivity contribution in [1.29, 1.82) is 0 Å². The van der Waals surface area contributed by atoms with Gasteiger partial charge in [-0.1, -0.05) is 19.1 Å². The lowest BCUT2D eigenvalue weighted by molar-refractivity contribution is 0.185.